The fraction of sp³-hybridized carbons (Fsp3) is 0.357. The predicted octanol–water partition coefficient (Wildman–Crippen LogP) is 0.658. The van der Waals surface area contributed by atoms with Crippen molar-refractivity contribution in [2.24, 2.45) is 0 Å². The number of nitrogens with zero attached hydrogens (tertiary/aromatic N) is 1. The zero-order valence-electron chi connectivity index (χ0n) is 11.5. The van der Waals surface area contributed by atoms with Crippen LogP contribution in [0.5, 0.6) is 0 Å². The first-order valence-corrected chi connectivity index (χ1v) is 6.21. The molecule has 1 aromatic carbocycles. The summed E-state index contributed by atoms with van der Waals surface area (Å²) in [7, 11) is 1.50. The third kappa shape index (κ3) is 5.09. The summed E-state index contributed by atoms with van der Waals surface area (Å²) in [4.78, 5) is 35.2. The Morgan fingerprint density at radius 2 is 2.00 bits per heavy atom. The molecule has 0 saturated carbocycles. The number of hydrogen-bond acceptors (Lipinski definition) is 3. The molecule has 1 aromatic rings. The van der Waals surface area contributed by atoms with Crippen LogP contribution in [0.4, 0.5) is 0 Å². The predicted molar refractivity (Wildman–Crippen MR) is 73.4 cm³/mol. The van der Waals surface area contributed by atoms with Crippen LogP contribution in [0.2, 0.25) is 0 Å². The van der Waals surface area contributed by atoms with Crippen LogP contribution in [-0.4, -0.2) is 47.9 Å². The topological polar surface area (TPSA) is 86.7 Å². The van der Waals surface area contributed by atoms with Crippen LogP contribution in [0.25, 0.3) is 0 Å². The standard InChI is InChI=1S/C14H18N2O4/c1-10-4-3-5-11(8-10)14(20)15-9-12(17)16(2)7-6-13(18)19/h3-5,8H,6-7,9H2,1-2H3,(H,15,20)(H,18,19). The van der Waals surface area contributed by atoms with Gasteiger partial charge in [-0.2, -0.15) is 0 Å². The van der Waals surface area contributed by atoms with Crippen molar-refractivity contribution in [2.45, 2.75) is 13.3 Å². The number of nitrogens with one attached hydrogen (secondary N) is 1. The number of aryl methyl sites for hydroxylation is 1. The van der Waals surface area contributed by atoms with Crippen molar-refractivity contribution in [1.82, 2.24) is 10.2 Å². The molecule has 0 aliphatic heterocycles. The molecule has 0 saturated heterocycles. The summed E-state index contributed by atoms with van der Waals surface area (Å²) < 4.78 is 0. The average molecular weight is 278 g/mol. The Balaban J connectivity index is 2.44. The van der Waals surface area contributed by atoms with Gasteiger partial charge in [0.25, 0.3) is 5.91 Å². The van der Waals surface area contributed by atoms with E-state index >= 15 is 0 Å². The lowest BCUT2D eigenvalue weighted by Gasteiger charge is -2.16. The molecule has 20 heavy (non-hydrogen) atoms. The molecule has 0 aromatic heterocycles. The second-order valence-corrected chi connectivity index (χ2v) is 4.51. The van der Waals surface area contributed by atoms with Crippen molar-refractivity contribution >= 4 is 17.8 Å². The van der Waals surface area contributed by atoms with Gasteiger partial charge in [-0.25, -0.2) is 0 Å². The molecular weight excluding hydrogens is 260 g/mol. The van der Waals surface area contributed by atoms with Gasteiger partial charge in [0.15, 0.2) is 0 Å². The second kappa shape index (κ2) is 7.28. The first-order chi connectivity index (χ1) is 9.40. The molecule has 0 spiro atoms. The Morgan fingerprint density at radius 3 is 2.60 bits per heavy atom. The van der Waals surface area contributed by atoms with Gasteiger partial charge < -0.3 is 15.3 Å². The first kappa shape index (κ1) is 15.7. The number of carboxylic acids is 1. The molecule has 0 atom stereocenters. The van der Waals surface area contributed by atoms with Crippen molar-refractivity contribution < 1.29 is 19.5 Å². The number of benzene rings is 1. The van der Waals surface area contributed by atoms with Gasteiger partial charge in [-0.3, -0.25) is 14.4 Å². The lowest BCUT2D eigenvalue weighted by molar-refractivity contribution is -0.138. The van der Waals surface area contributed by atoms with E-state index in [4.69, 9.17) is 5.11 Å². The van der Waals surface area contributed by atoms with Crippen LogP contribution in [0.1, 0.15) is 22.3 Å². The molecule has 108 valence electrons. The second-order valence-electron chi connectivity index (χ2n) is 4.51. The normalized spacial score (nSPS) is 9.90. The number of amides is 2. The Labute approximate surface area is 117 Å². The summed E-state index contributed by atoms with van der Waals surface area (Å²) in [6.07, 6.45) is -0.117. The van der Waals surface area contributed by atoms with E-state index in [1.807, 2.05) is 13.0 Å². The maximum Gasteiger partial charge on any atom is 0.305 e. The highest BCUT2D eigenvalue weighted by molar-refractivity contribution is 5.96. The molecule has 0 bridgehead atoms. The largest absolute Gasteiger partial charge is 0.481 e. The third-order valence-corrected chi connectivity index (χ3v) is 2.77. The zero-order chi connectivity index (χ0) is 15.1. The van der Waals surface area contributed by atoms with Gasteiger partial charge in [-0.15, -0.1) is 0 Å². The number of aliphatic carboxylic acids is 1. The quantitative estimate of drug-likeness (QED) is 0.800. The Hall–Kier alpha value is -2.37. The number of carboxylic acid groups (broad SMARTS) is 1. The van der Waals surface area contributed by atoms with E-state index in [1.54, 1.807) is 18.2 Å². The number of hydrogen-bond donors (Lipinski definition) is 2. The van der Waals surface area contributed by atoms with E-state index in [2.05, 4.69) is 5.32 Å². The van der Waals surface area contributed by atoms with E-state index in [0.29, 0.717) is 5.56 Å². The molecule has 0 aliphatic carbocycles. The van der Waals surface area contributed by atoms with Crippen molar-refractivity contribution in [2.75, 3.05) is 20.1 Å². The number of carbonyl (C=O) groups is 3. The van der Waals surface area contributed by atoms with Gasteiger partial charge in [0, 0.05) is 19.2 Å². The summed E-state index contributed by atoms with van der Waals surface area (Å²) in [5, 5.41) is 11.0. The van der Waals surface area contributed by atoms with Crippen LogP contribution >= 0.6 is 0 Å². The van der Waals surface area contributed by atoms with E-state index in [-0.39, 0.29) is 31.3 Å². The van der Waals surface area contributed by atoms with Crippen molar-refractivity contribution in [3.8, 4) is 0 Å². The smallest absolute Gasteiger partial charge is 0.305 e. The summed E-state index contributed by atoms with van der Waals surface area (Å²) in [5.41, 5.74) is 1.45. The fourth-order valence-corrected chi connectivity index (χ4v) is 1.57. The van der Waals surface area contributed by atoms with Gasteiger partial charge >= 0.3 is 5.97 Å². The van der Waals surface area contributed by atoms with Crippen LogP contribution in [0.3, 0.4) is 0 Å². The molecule has 6 heteroatoms. The van der Waals surface area contributed by atoms with Crippen LogP contribution in [0.15, 0.2) is 24.3 Å². The molecule has 2 amide bonds. The zero-order valence-corrected chi connectivity index (χ0v) is 11.5. The number of carbonyl (C=O) groups excluding carboxylic acids is 2. The van der Waals surface area contributed by atoms with Crippen LogP contribution < -0.4 is 5.32 Å². The highest BCUT2D eigenvalue weighted by Crippen LogP contribution is 2.03. The first-order valence-electron chi connectivity index (χ1n) is 6.21. The maximum atomic E-state index is 11.8. The molecule has 0 heterocycles. The molecule has 0 unspecified atom stereocenters. The fourth-order valence-electron chi connectivity index (χ4n) is 1.57. The lowest BCUT2D eigenvalue weighted by atomic mass is 10.1. The summed E-state index contributed by atoms with van der Waals surface area (Å²) in [5.74, 6) is -1.62. The third-order valence-electron chi connectivity index (χ3n) is 2.77. The minimum Gasteiger partial charge on any atom is -0.481 e. The number of likely N-dealkylation sites (N-methyl/N-ethyl adjacent to an activating group) is 1. The number of rotatable bonds is 6. The van der Waals surface area contributed by atoms with Crippen molar-refractivity contribution in [3.63, 3.8) is 0 Å². The highest BCUT2D eigenvalue weighted by atomic mass is 16.4. The minimum absolute atomic E-state index is 0.117. The van der Waals surface area contributed by atoms with Gasteiger partial charge in [0.1, 0.15) is 0 Å². The van der Waals surface area contributed by atoms with E-state index in [0.717, 1.165) is 5.56 Å². The monoisotopic (exact) mass is 278 g/mol. The van der Waals surface area contributed by atoms with E-state index in [9.17, 15) is 14.4 Å². The molecular formula is C14H18N2O4. The van der Waals surface area contributed by atoms with Gasteiger partial charge in [0.05, 0.1) is 13.0 Å². The molecule has 2 N–H and O–H groups in total. The van der Waals surface area contributed by atoms with Gasteiger partial charge in [-0.1, -0.05) is 17.7 Å². The van der Waals surface area contributed by atoms with Crippen molar-refractivity contribution in [1.29, 1.82) is 0 Å². The van der Waals surface area contributed by atoms with Crippen molar-refractivity contribution in [3.05, 3.63) is 35.4 Å². The molecule has 0 radical (unpaired) electrons. The Kier molecular flexibility index (Phi) is 5.71. The SMILES string of the molecule is Cc1cccc(C(=O)NCC(=O)N(C)CCC(=O)O)c1. The maximum absolute atomic E-state index is 11.8. The molecule has 6 nitrogen and oxygen atoms in total. The van der Waals surface area contributed by atoms with E-state index < -0.39 is 5.97 Å². The highest BCUT2D eigenvalue weighted by Gasteiger charge is 2.12. The van der Waals surface area contributed by atoms with Gasteiger partial charge in [0.2, 0.25) is 5.91 Å². The van der Waals surface area contributed by atoms with Gasteiger partial charge in [-0.05, 0) is 19.1 Å². The molecule has 1 rings (SSSR count). The summed E-state index contributed by atoms with van der Waals surface area (Å²) >= 11 is 0. The Morgan fingerprint density at radius 1 is 1.30 bits per heavy atom. The van der Waals surface area contributed by atoms with E-state index in [1.165, 1.54) is 11.9 Å². The molecule has 0 fully saturated rings. The Bertz CT molecular complexity index is 514. The van der Waals surface area contributed by atoms with Crippen LogP contribution in [-0.2, 0) is 9.59 Å². The average Bonchev–Trinajstić information content (AvgIpc) is 2.41. The minimum atomic E-state index is -0.964. The summed E-state index contributed by atoms with van der Waals surface area (Å²) in [6, 6.07) is 7.04. The van der Waals surface area contributed by atoms with Crippen LogP contribution in [0, 0.1) is 6.92 Å². The lowest BCUT2D eigenvalue weighted by Crippen LogP contribution is -2.39. The summed E-state index contributed by atoms with van der Waals surface area (Å²) in [6.45, 7) is 1.85. The molecule has 0 aliphatic rings.